The van der Waals surface area contributed by atoms with Crippen molar-refractivity contribution in [3.8, 4) is 0 Å². The third-order valence-electron chi connectivity index (χ3n) is 4.85. The van der Waals surface area contributed by atoms with E-state index < -0.39 is 18.7 Å². The average molecular weight is 365 g/mol. The highest BCUT2D eigenvalue weighted by Gasteiger charge is 2.67. The van der Waals surface area contributed by atoms with Gasteiger partial charge in [-0.3, -0.25) is 4.57 Å². The Balaban J connectivity index is 2.12. The van der Waals surface area contributed by atoms with Gasteiger partial charge in [0, 0.05) is 11.6 Å². The van der Waals surface area contributed by atoms with E-state index in [1.807, 2.05) is 51.1 Å². The lowest BCUT2D eigenvalue weighted by Gasteiger charge is -2.32. The maximum atomic E-state index is 13.7. The smallest absolute Gasteiger partial charge is 0.408 e. The van der Waals surface area contributed by atoms with Gasteiger partial charge in [0.25, 0.3) is 0 Å². The molecule has 1 aromatic carbocycles. The van der Waals surface area contributed by atoms with Crippen molar-refractivity contribution in [3.05, 3.63) is 48.6 Å². The first-order valence-electron chi connectivity index (χ1n) is 8.79. The number of amides is 1. The molecule has 6 heteroatoms. The summed E-state index contributed by atoms with van der Waals surface area (Å²) in [5.41, 5.74) is 0.754. The quantitative estimate of drug-likeness (QED) is 0.498. The van der Waals surface area contributed by atoms with Gasteiger partial charge in [0.2, 0.25) is 7.37 Å². The van der Waals surface area contributed by atoms with Crippen LogP contribution in [-0.2, 0) is 20.4 Å². The van der Waals surface area contributed by atoms with Crippen LogP contribution in [-0.4, -0.2) is 23.6 Å². The molecule has 1 saturated carbocycles. The van der Waals surface area contributed by atoms with Crippen LogP contribution in [0.5, 0.6) is 0 Å². The zero-order chi connectivity index (χ0) is 18.5. The molecule has 1 amide bonds. The van der Waals surface area contributed by atoms with Crippen molar-refractivity contribution in [1.82, 2.24) is 5.32 Å². The molecule has 2 unspecified atom stereocenters. The van der Waals surface area contributed by atoms with E-state index in [9.17, 15) is 9.36 Å². The Morgan fingerprint density at radius 3 is 2.64 bits per heavy atom. The summed E-state index contributed by atoms with van der Waals surface area (Å²) >= 11 is 0. The lowest BCUT2D eigenvalue weighted by atomic mass is 10.2. The third-order valence-corrected chi connectivity index (χ3v) is 8.75. The Kier molecular flexibility index (Phi) is 6.47. The molecule has 4 atom stereocenters. The van der Waals surface area contributed by atoms with Crippen LogP contribution in [0.1, 0.15) is 39.2 Å². The highest BCUT2D eigenvalue weighted by atomic mass is 31.2. The second-order valence-electron chi connectivity index (χ2n) is 6.43. The molecule has 0 aliphatic heterocycles. The Bertz CT molecular complexity index is 648. The molecule has 0 radical (unpaired) electrons. The Labute approximate surface area is 150 Å². The number of rotatable bonds is 9. The molecule has 2 rings (SSSR count). The minimum Gasteiger partial charge on any atom is -0.445 e. The van der Waals surface area contributed by atoms with Gasteiger partial charge in [-0.15, -0.1) is 6.58 Å². The number of carbonyl (C=O) groups excluding carboxylic acids is 1. The van der Waals surface area contributed by atoms with E-state index in [-0.39, 0.29) is 18.2 Å². The lowest BCUT2D eigenvalue weighted by Crippen LogP contribution is -2.41. The zero-order valence-electron chi connectivity index (χ0n) is 15.2. The van der Waals surface area contributed by atoms with Crippen LogP contribution in [0.3, 0.4) is 0 Å². The van der Waals surface area contributed by atoms with Crippen LogP contribution in [0.15, 0.2) is 43.0 Å². The first-order chi connectivity index (χ1) is 11.9. The summed E-state index contributed by atoms with van der Waals surface area (Å²) in [6, 6.07) is 9.45. The topological polar surface area (TPSA) is 64.6 Å². The lowest BCUT2D eigenvalue weighted by molar-refractivity contribution is 0.136. The first-order valence-corrected chi connectivity index (χ1v) is 10.5. The first kappa shape index (κ1) is 19.7. The number of hydrogen-bond acceptors (Lipinski definition) is 4. The number of hydrogen-bond donors (Lipinski definition) is 1. The summed E-state index contributed by atoms with van der Waals surface area (Å²) in [7, 11) is -3.11. The molecule has 1 aliphatic rings. The molecule has 1 aliphatic carbocycles. The molecule has 5 nitrogen and oxygen atoms in total. The Hall–Kier alpha value is -1.58. The Morgan fingerprint density at radius 2 is 2.12 bits per heavy atom. The van der Waals surface area contributed by atoms with Gasteiger partial charge in [0.05, 0.1) is 6.61 Å². The number of ether oxygens (including phenoxy) is 1. The van der Waals surface area contributed by atoms with Crippen molar-refractivity contribution in [2.45, 2.75) is 51.2 Å². The summed E-state index contributed by atoms with van der Waals surface area (Å²) < 4.78 is 24.7. The van der Waals surface area contributed by atoms with Crippen LogP contribution in [0, 0.1) is 5.92 Å². The molecule has 138 valence electrons. The van der Waals surface area contributed by atoms with Crippen molar-refractivity contribution in [3.63, 3.8) is 0 Å². The number of carbonyl (C=O) groups is 1. The van der Waals surface area contributed by atoms with Gasteiger partial charge >= 0.3 is 6.09 Å². The number of benzene rings is 1. The van der Waals surface area contributed by atoms with Crippen molar-refractivity contribution in [1.29, 1.82) is 0 Å². The third kappa shape index (κ3) is 3.99. The molecule has 1 fully saturated rings. The Morgan fingerprint density at radius 1 is 1.44 bits per heavy atom. The fourth-order valence-electron chi connectivity index (χ4n) is 3.14. The van der Waals surface area contributed by atoms with E-state index in [0.29, 0.717) is 19.4 Å². The molecule has 0 saturated heterocycles. The highest BCUT2D eigenvalue weighted by Crippen LogP contribution is 2.74. The molecule has 0 heterocycles. The highest BCUT2D eigenvalue weighted by molar-refractivity contribution is 7.61. The maximum Gasteiger partial charge on any atom is 0.408 e. The van der Waals surface area contributed by atoms with Gasteiger partial charge in [-0.2, -0.15) is 0 Å². The van der Waals surface area contributed by atoms with E-state index in [1.165, 1.54) is 0 Å². The second kappa shape index (κ2) is 8.20. The summed E-state index contributed by atoms with van der Waals surface area (Å²) in [5.74, 6) is -0.0665. The summed E-state index contributed by atoms with van der Waals surface area (Å²) in [6.45, 7) is 10.0. The van der Waals surface area contributed by atoms with Gasteiger partial charge < -0.3 is 14.6 Å². The van der Waals surface area contributed by atoms with Gasteiger partial charge in [-0.05, 0) is 25.3 Å². The standard InChI is InChI=1S/C19H28NO4P/c1-5-15(4)25(22,24-7-3)19(13-17(19)6-2)20-18(21)23-14-16-11-9-8-10-12-16/h6,8-12,15,17H,2,5,7,13-14H2,1,3-4H3,(H,20,21)/t15?,17-,19+,25?/m1/s1. The molecule has 25 heavy (non-hydrogen) atoms. The summed E-state index contributed by atoms with van der Waals surface area (Å²) in [4.78, 5) is 12.4. The monoisotopic (exact) mass is 365 g/mol. The van der Waals surface area contributed by atoms with E-state index in [0.717, 1.165) is 5.56 Å². The molecule has 0 aromatic heterocycles. The largest absolute Gasteiger partial charge is 0.445 e. The van der Waals surface area contributed by atoms with Crippen molar-refractivity contribution in [2.75, 3.05) is 6.61 Å². The van der Waals surface area contributed by atoms with Crippen LogP contribution < -0.4 is 5.32 Å². The molecule has 0 bridgehead atoms. The minimum absolute atomic E-state index is 0.0665. The zero-order valence-corrected chi connectivity index (χ0v) is 16.1. The van der Waals surface area contributed by atoms with Gasteiger partial charge in [0.1, 0.15) is 11.9 Å². The van der Waals surface area contributed by atoms with E-state index in [4.69, 9.17) is 9.26 Å². The number of nitrogens with one attached hydrogen (secondary N) is 1. The molecule has 1 aromatic rings. The van der Waals surface area contributed by atoms with Gasteiger partial charge in [0.15, 0.2) is 0 Å². The van der Waals surface area contributed by atoms with Crippen molar-refractivity contribution < 1.29 is 18.6 Å². The van der Waals surface area contributed by atoms with E-state index >= 15 is 0 Å². The number of alkyl carbamates (subject to hydrolysis) is 1. The fraction of sp³-hybridized carbons (Fsp3) is 0.526. The average Bonchev–Trinajstić information content (AvgIpc) is 3.35. The summed E-state index contributed by atoms with van der Waals surface area (Å²) in [6.07, 6.45) is 2.45. The minimum atomic E-state index is -3.11. The molecule has 1 N–H and O–H groups in total. The molecular weight excluding hydrogens is 337 g/mol. The van der Waals surface area contributed by atoms with Crippen LogP contribution in [0.2, 0.25) is 0 Å². The fourth-order valence-corrected chi connectivity index (χ4v) is 6.54. The van der Waals surface area contributed by atoms with Crippen molar-refractivity contribution in [2.24, 2.45) is 5.92 Å². The van der Waals surface area contributed by atoms with E-state index in [2.05, 4.69) is 11.9 Å². The normalized spacial score (nSPS) is 25.5. The van der Waals surface area contributed by atoms with Gasteiger partial charge in [-0.25, -0.2) is 4.79 Å². The predicted molar refractivity (Wildman–Crippen MR) is 99.8 cm³/mol. The van der Waals surface area contributed by atoms with Gasteiger partial charge in [-0.1, -0.05) is 50.3 Å². The predicted octanol–water partition coefficient (Wildman–Crippen LogP) is 4.93. The molecule has 0 spiro atoms. The van der Waals surface area contributed by atoms with Crippen LogP contribution in [0.4, 0.5) is 4.79 Å². The summed E-state index contributed by atoms with van der Waals surface area (Å²) in [5, 5.41) is 1.96. The van der Waals surface area contributed by atoms with Crippen LogP contribution in [0.25, 0.3) is 0 Å². The maximum absolute atomic E-state index is 13.7. The second-order valence-corrected chi connectivity index (χ2v) is 9.56. The van der Waals surface area contributed by atoms with Crippen LogP contribution >= 0.6 is 7.37 Å². The SMILES string of the molecule is C=C[C@@H]1C[C@]1(NC(=O)OCc1ccccc1)P(=O)(OCC)C(C)CC. The van der Waals surface area contributed by atoms with E-state index in [1.54, 1.807) is 6.08 Å². The molecular formula is C19H28NO4P. The van der Waals surface area contributed by atoms with Crippen molar-refractivity contribution >= 4 is 13.5 Å².